The number of fused-ring (bicyclic) bond motifs is 1. The molecule has 7 heteroatoms. The molecule has 0 radical (unpaired) electrons. The zero-order valence-electron chi connectivity index (χ0n) is 11.4. The van der Waals surface area contributed by atoms with Crippen molar-refractivity contribution in [2.45, 2.75) is 25.9 Å². The maximum Gasteiger partial charge on any atom is 0.159 e. The van der Waals surface area contributed by atoms with Crippen molar-refractivity contribution in [1.29, 1.82) is 0 Å². The van der Waals surface area contributed by atoms with Crippen molar-refractivity contribution in [3.8, 4) is 0 Å². The third-order valence-corrected chi connectivity index (χ3v) is 5.37. The van der Waals surface area contributed by atoms with Gasteiger partial charge >= 0.3 is 0 Å². The minimum atomic E-state index is -2.92. The lowest BCUT2D eigenvalue weighted by molar-refractivity contribution is 0.501. The first-order chi connectivity index (χ1) is 9.59. The molecule has 1 atom stereocenters. The molecule has 20 heavy (non-hydrogen) atoms. The third-order valence-electron chi connectivity index (χ3n) is 3.63. The van der Waals surface area contributed by atoms with Gasteiger partial charge in [0, 0.05) is 31.7 Å². The van der Waals surface area contributed by atoms with Crippen molar-refractivity contribution in [2.75, 3.05) is 18.1 Å². The van der Waals surface area contributed by atoms with Gasteiger partial charge in [-0.1, -0.05) is 0 Å². The number of sulfone groups is 1. The molecule has 1 aliphatic rings. The Labute approximate surface area is 118 Å². The molecule has 1 saturated heterocycles. The van der Waals surface area contributed by atoms with Crippen molar-refractivity contribution >= 4 is 21.0 Å². The highest BCUT2D eigenvalue weighted by atomic mass is 32.2. The van der Waals surface area contributed by atoms with Gasteiger partial charge in [0.25, 0.3) is 0 Å². The number of pyridine rings is 1. The van der Waals surface area contributed by atoms with Crippen LogP contribution in [0.2, 0.25) is 0 Å². The number of nitrogens with one attached hydrogen (secondary N) is 1. The second-order valence-electron chi connectivity index (χ2n) is 5.09. The molecule has 108 valence electrons. The molecule has 0 amide bonds. The number of rotatable bonds is 3. The van der Waals surface area contributed by atoms with Crippen molar-refractivity contribution in [3.63, 3.8) is 0 Å². The zero-order chi connectivity index (χ0) is 14.2. The normalized spacial score (nSPS) is 22.1. The summed E-state index contributed by atoms with van der Waals surface area (Å²) in [5.74, 6) is 1.32. The molecule has 0 aliphatic carbocycles. The van der Waals surface area contributed by atoms with Crippen LogP contribution in [0.1, 0.15) is 12.7 Å². The van der Waals surface area contributed by atoms with E-state index in [0.717, 1.165) is 23.5 Å². The van der Waals surface area contributed by atoms with Gasteiger partial charge in [-0.3, -0.25) is 0 Å². The number of aromatic nitrogens is 3. The summed E-state index contributed by atoms with van der Waals surface area (Å²) in [5.41, 5.74) is 1.73. The Morgan fingerprint density at radius 1 is 1.50 bits per heavy atom. The van der Waals surface area contributed by atoms with Crippen LogP contribution in [0.5, 0.6) is 0 Å². The van der Waals surface area contributed by atoms with Gasteiger partial charge < -0.3 is 9.88 Å². The minimum Gasteiger partial charge on any atom is -0.313 e. The molecule has 0 bridgehead atoms. The Kier molecular flexibility index (Phi) is 3.47. The van der Waals surface area contributed by atoms with Crippen molar-refractivity contribution in [3.05, 3.63) is 24.2 Å². The lowest BCUT2D eigenvalue weighted by Crippen LogP contribution is -2.46. The van der Waals surface area contributed by atoms with Crippen LogP contribution >= 0.6 is 0 Å². The number of aryl methyl sites for hydroxylation is 1. The standard InChI is InChI=1S/C13H18N4O2S/c1-2-17-12(16-11-4-3-5-15-13(11)17)8-10-9-20(18,19)7-6-14-10/h3-5,10,14H,2,6-9H2,1H3. The highest BCUT2D eigenvalue weighted by molar-refractivity contribution is 7.91. The quantitative estimate of drug-likeness (QED) is 0.885. The van der Waals surface area contributed by atoms with Crippen LogP contribution < -0.4 is 5.32 Å². The van der Waals surface area contributed by atoms with Crippen LogP contribution in [0.25, 0.3) is 11.2 Å². The molecule has 0 spiro atoms. The summed E-state index contributed by atoms with van der Waals surface area (Å²) in [7, 11) is -2.92. The van der Waals surface area contributed by atoms with Crippen LogP contribution in [0.4, 0.5) is 0 Å². The molecule has 1 unspecified atom stereocenters. The van der Waals surface area contributed by atoms with Crippen LogP contribution in [-0.2, 0) is 22.8 Å². The van der Waals surface area contributed by atoms with Gasteiger partial charge in [0.1, 0.15) is 11.3 Å². The lowest BCUT2D eigenvalue weighted by Gasteiger charge is -2.23. The van der Waals surface area contributed by atoms with Crippen molar-refractivity contribution in [1.82, 2.24) is 19.9 Å². The highest BCUT2D eigenvalue weighted by Crippen LogP contribution is 2.16. The van der Waals surface area contributed by atoms with Gasteiger partial charge in [-0.2, -0.15) is 0 Å². The predicted octanol–water partition coefficient (Wildman–Crippen LogP) is 0.380. The summed E-state index contributed by atoms with van der Waals surface area (Å²) in [5, 5.41) is 3.27. The molecule has 2 aromatic rings. The fourth-order valence-electron chi connectivity index (χ4n) is 2.71. The summed E-state index contributed by atoms with van der Waals surface area (Å²) in [6.45, 7) is 3.35. The molecule has 1 aliphatic heterocycles. The van der Waals surface area contributed by atoms with Gasteiger partial charge in [0.05, 0.1) is 11.5 Å². The van der Waals surface area contributed by atoms with Crippen LogP contribution in [-0.4, -0.2) is 47.0 Å². The average molecular weight is 294 g/mol. The number of imidazole rings is 1. The first-order valence-electron chi connectivity index (χ1n) is 6.83. The maximum absolute atomic E-state index is 11.7. The molecule has 3 rings (SSSR count). The fraction of sp³-hybridized carbons (Fsp3) is 0.538. The second kappa shape index (κ2) is 5.14. The van der Waals surface area contributed by atoms with Crippen LogP contribution in [0.15, 0.2) is 18.3 Å². The van der Waals surface area contributed by atoms with E-state index in [4.69, 9.17) is 0 Å². The van der Waals surface area contributed by atoms with E-state index in [2.05, 4.69) is 19.9 Å². The van der Waals surface area contributed by atoms with E-state index in [9.17, 15) is 8.42 Å². The summed E-state index contributed by atoms with van der Waals surface area (Å²) in [6.07, 6.45) is 2.37. The Balaban J connectivity index is 1.90. The van der Waals surface area contributed by atoms with Crippen molar-refractivity contribution < 1.29 is 8.42 Å². The van der Waals surface area contributed by atoms with E-state index in [-0.39, 0.29) is 17.5 Å². The van der Waals surface area contributed by atoms with E-state index in [1.165, 1.54) is 0 Å². The summed E-state index contributed by atoms with van der Waals surface area (Å²) >= 11 is 0. The average Bonchev–Trinajstić information content (AvgIpc) is 2.74. The van der Waals surface area contributed by atoms with Gasteiger partial charge in [-0.15, -0.1) is 0 Å². The first-order valence-corrected chi connectivity index (χ1v) is 8.65. The molecule has 3 heterocycles. The van der Waals surface area contributed by atoms with E-state index >= 15 is 0 Å². The minimum absolute atomic E-state index is 0.0594. The fourth-order valence-corrected chi connectivity index (χ4v) is 4.16. The predicted molar refractivity (Wildman–Crippen MR) is 77.4 cm³/mol. The smallest absolute Gasteiger partial charge is 0.159 e. The molecule has 2 aromatic heterocycles. The molecule has 6 nitrogen and oxygen atoms in total. The van der Waals surface area contributed by atoms with Crippen LogP contribution in [0.3, 0.4) is 0 Å². The van der Waals surface area contributed by atoms with Gasteiger partial charge in [0.15, 0.2) is 15.5 Å². The zero-order valence-corrected chi connectivity index (χ0v) is 12.2. The lowest BCUT2D eigenvalue weighted by atomic mass is 10.2. The van der Waals surface area contributed by atoms with E-state index in [1.807, 2.05) is 19.1 Å². The van der Waals surface area contributed by atoms with Gasteiger partial charge in [-0.05, 0) is 19.1 Å². The number of hydrogen-bond donors (Lipinski definition) is 1. The van der Waals surface area contributed by atoms with E-state index < -0.39 is 9.84 Å². The van der Waals surface area contributed by atoms with E-state index in [1.54, 1.807) is 6.20 Å². The van der Waals surface area contributed by atoms with Crippen molar-refractivity contribution in [2.24, 2.45) is 0 Å². The monoisotopic (exact) mass is 294 g/mol. The Hall–Kier alpha value is -1.47. The third kappa shape index (κ3) is 2.55. The highest BCUT2D eigenvalue weighted by Gasteiger charge is 2.26. The topological polar surface area (TPSA) is 76.9 Å². The molecule has 0 saturated carbocycles. The maximum atomic E-state index is 11.7. The molecule has 1 fully saturated rings. The Bertz CT molecular complexity index is 723. The van der Waals surface area contributed by atoms with Gasteiger partial charge in [-0.25, -0.2) is 18.4 Å². The molecule has 0 aromatic carbocycles. The van der Waals surface area contributed by atoms with Gasteiger partial charge in [0.2, 0.25) is 0 Å². The molecular weight excluding hydrogens is 276 g/mol. The Morgan fingerprint density at radius 2 is 2.35 bits per heavy atom. The number of hydrogen-bond acceptors (Lipinski definition) is 5. The summed E-state index contributed by atoms with van der Waals surface area (Å²) in [4.78, 5) is 8.95. The first kappa shape index (κ1) is 13.5. The SMILES string of the molecule is CCn1c(CC2CS(=O)(=O)CCN2)nc2cccnc21. The largest absolute Gasteiger partial charge is 0.313 e. The molecule has 1 N–H and O–H groups in total. The molecular formula is C13H18N4O2S. The summed E-state index contributed by atoms with van der Waals surface area (Å²) in [6, 6.07) is 3.74. The van der Waals surface area contributed by atoms with E-state index in [0.29, 0.717) is 13.0 Å². The number of nitrogens with zero attached hydrogens (tertiary/aromatic N) is 3. The Morgan fingerprint density at radius 3 is 3.10 bits per heavy atom. The summed E-state index contributed by atoms with van der Waals surface area (Å²) < 4.78 is 25.5. The second-order valence-corrected chi connectivity index (χ2v) is 7.32. The van der Waals surface area contributed by atoms with Crippen LogP contribution in [0, 0.1) is 0 Å².